The smallest absolute Gasteiger partial charge is 0.0770 e. The van der Waals surface area contributed by atoms with Gasteiger partial charge in [0, 0.05) is 63.1 Å². The zero-order valence-electron chi connectivity index (χ0n) is 19.6. The van der Waals surface area contributed by atoms with Crippen LogP contribution >= 0.6 is 11.6 Å². The van der Waals surface area contributed by atoms with Crippen molar-refractivity contribution in [2.24, 2.45) is 11.3 Å². The van der Waals surface area contributed by atoms with Crippen LogP contribution in [0.1, 0.15) is 38.2 Å². The van der Waals surface area contributed by atoms with Gasteiger partial charge >= 0.3 is 0 Å². The van der Waals surface area contributed by atoms with Gasteiger partial charge in [-0.25, -0.2) is 0 Å². The average Bonchev–Trinajstić information content (AvgIpc) is 3.46. The number of nitrogens with zero attached hydrogens (tertiary/aromatic N) is 4. The molecule has 2 saturated heterocycles. The maximum Gasteiger partial charge on any atom is 0.0770 e. The quantitative estimate of drug-likeness (QED) is 0.555. The fourth-order valence-electron chi connectivity index (χ4n) is 5.50. The maximum absolute atomic E-state index is 9.23. The summed E-state index contributed by atoms with van der Waals surface area (Å²) in [5.74, 6) is 0.824. The first-order valence-electron chi connectivity index (χ1n) is 12.1. The number of rotatable bonds is 5. The summed E-state index contributed by atoms with van der Waals surface area (Å²) in [5.41, 5.74) is 3.39. The molecule has 3 aliphatic carbocycles. The van der Waals surface area contributed by atoms with Gasteiger partial charge in [-0.2, -0.15) is 10.4 Å². The van der Waals surface area contributed by atoms with Crippen LogP contribution in [0.25, 0.3) is 0 Å². The molecular formula is C25H32ClN7O. The Morgan fingerprint density at radius 2 is 2.09 bits per heavy atom. The van der Waals surface area contributed by atoms with E-state index in [2.05, 4.69) is 33.6 Å². The van der Waals surface area contributed by atoms with Crippen molar-refractivity contribution in [3.8, 4) is 6.07 Å². The van der Waals surface area contributed by atoms with Crippen LogP contribution in [0, 0.1) is 28.1 Å². The van der Waals surface area contributed by atoms with E-state index in [9.17, 15) is 5.26 Å². The van der Waals surface area contributed by atoms with Crippen LogP contribution < -0.4 is 15.5 Å². The highest BCUT2D eigenvalue weighted by Gasteiger charge is 2.70. The van der Waals surface area contributed by atoms with Crippen molar-refractivity contribution in [2.75, 3.05) is 49.6 Å². The lowest BCUT2D eigenvalue weighted by atomic mass is 9.40. The van der Waals surface area contributed by atoms with Gasteiger partial charge in [-0.05, 0) is 43.7 Å². The van der Waals surface area contributed by atoms with Gasteiger partial charge in [-0.3, -0.25) is 4.68 Å². The number of aromatic nitrogens is 2. The molecule has 3 saturated carbocycles. The van der Waals surface area contributed by atoms with Crippen LogP contribution in [0.2, 0.25) is 5.02 Å². The Hall–Kier alpha value is -2.60. The summed E-state index contributed by atoms with van der Waals surface area (Å²) in [4.78, 5) is 2.27. The van der Waals surface area contributed by atoms with Crippen LogP contribution in [0.5, 0.6) is 0 Å². The first-order valence-corrected chi connectivity index (χ1v) is 12.4. The minimum absolute atomic E-state index is 0.0337. The molecule has 1 atom stereocenters. The van der Waals surface area contributed by atoms with E-state index in [-0.39, 0.29) is 11.0 Å². The predicted molar refractivity (Wildman–Crippen MR) is 134 cm³/mol. The molecule has 1 aromatic carbocycles. The molecule has 34 heavy (non-hydrogen) atoms. The number of nitriles is 1. The number of benzene rings is 1. The van der Waals surface area contributed by atoms with Gasteiger partial charge in [-0.15, -0.1) is 0 Å². The number of hydrogen-bond acceptors (Lipinski definition) is 7. The van der Waals surface area contributed by atoms with Crippen molar-refractivity contribution in [1.29, 1.82) is 10.7 Å². The molecule has 0 radical (unpaired) electrons. The second-order valence-corrected chi connectivity index (χ2v) is 10.6. The topological polar surface area (TPSA) is 102 Å². The molecule has 1 aromatic heterocycles. The maximum atomic E-state index is 9.23. The summed E-state index contributed by atoms with van der Waals surface area (Å²) >= 11 is 6.50. The van der Waals surface area contributed by atoms with E-state index in [4.69, 9.17) is 21.7 Å². The highest BCUT2D eigenvalue weighted by atomic mass is 35.5. The number of nitrogens with one attached hydrogen (secondary N) is 3. The normalized spacial score (nSPS) is 29.2. The Balaban J connectivity index is 0.000000351. The van der Waals surface area contributed by atoms with Crippen LogP contribution in [0.15, 0.2) is 24.5 Å². The Kier molecular flexibility index (Phi) is 6.28. The standard InChI is InChI=1S/C20H22ClN7.C5H10O/c21-16-5-14(7-22)17(6-18(16)27-3-1-24-2-4-27)26-15-8-25-28(9-15)20-10-19(11-20,12-20)13-23;1-5-2-3-6-4-5/h5-9,22,24,26H,1-4,10-12H2;5H,2-4H2,1H3. The molecule has 7 rings (SSSR count). The summed E-state index contributed by atoms with van der Waals surface area (Å²) < 4.78 is 7.06. The van der Waals surface area contributed by atoms with Gasteiger partial charge < -0.3 is 25.7 Å². The van der Waals surface area contributed by atoms with Crippen molar-refractivity contribution in [2.45, 2.75) is 38.1 Å². The number of ether oxygens (including phenoxy) is 1. The van der Waals surface area contributed by atoms with Crippen LogP contribution in [-0.4, -0.2) is 55.4 Å². The van der Waals surface area contributed by atoms with Crippen molar-refractivity contribution < 1.29 is 4.74 Å². The van der Waals surface area contributed by atoms with Gasteiger partial charge in [-0.1, -0.05) is 18.5 Å². The van der Waals surface area contributed by atoms with Crippen molar-refractivity contribution >= 4 is 34.9 Å². The lowest BCUT2D eigenvalue weighted by molar-refractivity contribution is -0.153. The fraction of sp³-hybridized carbons (Fsp3) is 0.560. The summed E-state index contributed by atoms with van der Waals surface area (Å²) in [6.07, 6.45) is 9.10. The van der Waals surface area contributed by atoms with Crippen molar-refractivity contribution in [1.82, 2.24) is 15.1 Å². The first kappa shape index (κ1) is 23.2. The molecule has 5 aliphatic rings. The molecule has 5 fully saturated rings. The number of piperazine rings is 1. The highest BCUT2D eigenvalue weighted by molar-refractivity contribution is 6.33. The van der Waals surface area contributed by atoms with Crippen LogP contribution in [0.4, 0.5) is 17.1 Å². The SMILES string of the molecule is CC1CCOC1.N#CC12CC(n3cc(Nc4cc(N5CCNCC5)c(Cl)cc4C=N)cn3)(C1)C2. The van der Waals surface area contributed by atoms with E-state index in [1.807, 2.05) is 29.2 Å². The Morgan fingerprint density at radius 1 is 1.32 bits per heavy atom. The monoisotopic (exact) mass is 481 g/mol. The largest absolute Gasteiger partial charge is 0.381 e. The Labute approximate surface area is 205 Å². The Morgan fingerprint density at radius 3 is 2.68 bits per heavy atom. The molecule has 0 spiro atoms. The highest BCUT2D eigenvalue weighted by Crippen LogP contribution is 2.70. The zero-order chi connectivity index (χ0) is 23.8. The summed E-state index contributed by atoms with van der Waals surface area (Å²) in [6, 6.07) is 6.31. The van der Waals surface area contributed by atoms with Gasteiger partial charge in [0.25, 0.3) is 0 Å². The molecular weight excluding hydrogens is 450 g/mol. The van der Waals surface area contributed by atoms with Crippen LogP contribution in [0.3, 0.4) is 0 Å². The Bertz CT molecular complexity index is 1080. The van der Waals surface area contributed by atoms with Gasteiger partial charge in [0.15, 0.2) is 0 Å². The molecule has 0 amide bonds. The molecule has 9 heteroatoms. The predicted octanol–water partition coefficient (Wildman–Crippen LogP) is 4.13. The second kappa shape index (κ2) is 9.21. The first-order chi connectivity index (χ1) is 16.5. The van der Waals surface area contributed by atoms with Gasteiger partial charge in [0.05, 0.1) is 39.6 Å². The summed E-state index contributed by atoms with van der Waals surface area (Å²) in [6.45, 7) is 7.87. The molecule has 2 aromatic rings. The lowest BCUT2D eigenvalue weighted by Gasteiger charge is -2.66. The van der Waals surface area contributed by atoms with Gasteiger partial charge in [0.2, 0.25) is 0 Å². The third-order valence-corrected chi connectivity index (χ3v) is 7.78. The van der Waals surface area contributed by atoms with E-state index >= 15 is 0 Å². The van der Waals surface area contributed by atoms with Crippen molar-refractivity contribution in [3.63, 3.8) is 0 Å². The minimum atomic E-state index is -0.0960. The van der Waals surface area contributed by atoms with E-state index in [0.29, 0.717) is 5.02 Å². The number of hydrogen-bond donors (Lipinski definition) is 3. The second-order valence-electron chi connectivity index (χ2n) is 10.2. The minimum Gasteiger partial charge on any atom is -0.381 e. The summed E-state index contributed by atoms with van der Waals surface area (Å²) in [5, 5.41) is 28.9. The van der Waals surface area contributed by atoms with E-state index in [1.165, 1.54) is 12.6 Å². The van der Waals surface area contributed by atoms with Gasteiger partial charge in [0.1, 0.15) is 0 Å². The lowest BCUT2D eigenvalue weighted by Crippen LogP contribution is -2.67. The molecule has 8 nitrogen and oxygen atoms in total. The average molecular weight is 482 g/mol. The number of anilines is 3. The fourth-order valence-corrected chi connectivity index (χ4v) is 5.80. The molecule has 3 N–H and O–H groups in total. The molecule has 180 valence electrons. The zero-order valence-corrected chi connectivity index (χ0v) is 20.4. The molecule has 1 unspecified atom stereocenters. The van der Waals surface area contributed by atoms with E-state index in [0.717, 1.165) is 87.2 Å². The number of halogens is 1. The van der Waals surface area contributed by atoms with E-state index in [1.54, 1.807) is 0 Å². The van der Waals surface area contributed by atoms with E-state index < -0.39 is 0 Å². The molecule has 2 bridgehead atoms. The third-order valence-electron chi connectivity index (χ3n) is 7.48. The summed E-state index contributed by atoms with van der Waals surface area (Å²) in [7, 11) is 0. The molecule has 2 aliphatic heterocycles. The molecule has 3 heterocycles. The van der Waals surface area contributed by atoms with Crippen molar-refractivity contribution in [3.05, 3.63) is 35.1 Å². The third kappa shape index (κ3) is 4.28. The van der Waals surface area contributed by atoms with Crippen LogP contribution in [-0.2, 0) is 10.3 Å².